The second-order valence-corrected chi connectivity index (χ2v) is 6.75. The number of carbonyl (C=O) groups excluding carboxylic acids is 2. The molecule has 4 nitrogen and oxygen atoms in total. The van der Waals surface area contributed by atoms with Gasteiger partial charge in [0.1, 0.15) is 0 Å². The average molecular weight is 371 g/mol. The number of carbonyl (C=O) groups is 2. The molecule has 126 valence electrons. The molecule has 2 N–H and O–H groups in total. The van der Waals surface area contributed by atoms with Gasteiger partial charge in [-0.25, -0.2) is 0 Å². The molecule has 0 spiro atoms. The number of halogens is 1. The van der Waals surface area contributed by atoms with Crippen LogP contribution >= 0.6 is 22.9 Å². The van der Waals surface area contributed by atoms with E-state index in [1.807, 2.05) is 18.4 Å². The largest absolute Gasteiger partial charge is 0.322 e. The molecule has 0 saturated heterocycles. The molecular formula is C19H15ClN2O2S. The van der Waals surface area contributed by atoms with Crippen molar-refractivity contribution < 1.29 is 9.59 Å². The Hall–Kier alpha value is -2.63. The summed E-state index contributed by atoms with van der Waals surface area (Å²) in [6.07, 6.45) is 0. The summed E-state index contributed by atoms with van der Waals surface area (Å²) in [5, 5.41) is 8.08. The zero-order chi connectivity index (χ0) is 17.8. The lowest BCUT2D eigenvalue weighted by molar-refractivity contribution is 0.102. The summed E-state index contributed by atoms with van der Waals surface area (Å²) in [5.74, 6) is -0.527. The number of amides is 2. The van der Waals surface area contributed by atoms with Crippen LogP contribution in [0.3, 0.4) is 0 Å². The molecule has 1 aromatic heterocycles. The van der Waals surface area contributed by atoms with Gasteiger partial charge in [-0.15, -0.1) is 11.3 Å². The highest BCUT2D eigenvalue weighted by Gasteiger charge is 2.16. The standard InChI is InChI=1S/C19H15ClN2O2S/c1-12-10-11-25-17(12)19(24)22-16-5-3-2-4-15(16)18(23)21-14-8-6-13(20)7-9-14/h2-11H,1H3,(H,21,23)(H,22,24). The fraction of sp³-hybridized carbons (Fsp3) is 0.0526. The number of benzene rings is 2. The van der Waals surface area contributed by atoms with E-state index >= 15 is 0 Å². The average Bonchev–Trinajstić information content (AvgIpc) is 3.03. The smallest absolute Gasteiger partial charge is 0.266 e. The van der Waals surface area contributed by atoms with Crippen LogP contribution in [-0.4, -0.2) is 11.8 Å². The predicted octanol–water partition coefficient (Wildman–Crippen LogP) is 5.21. The van der Waals surface area contributed by atoms with Gasteiger partial charge in [0.15, 0.2) is 0 Å². The Morgan fingerprint density at radius 1 is 0.920 bits per heavy atom. The molecule has 1 heterocycles. The topological polar surface area (TPSA) is 58.2 Å². The van der Waals surface area contributed by atoms with Gasteiger partial charge in [-0.05, 0) is 60.3 Å². The molecule has 2 amide bonds. The van der Waals surface area contributed by atoms with Gasteiger partial charge in [0, 0.05) is 10.7 Å². The Bertz CT molecular complexity index is 919. The molecule has 0 aliphatic heterocycles. The van der Waals surface area contributed by atoms with Gasteiger partial charge in [0.05, 0.1) is 16.1 Å². The zero-order valence-corrected chi connectivity index (χ0v) is 14.9. The summed E-state index contributed by atoms with van der Waals surface area (Å²) in [7, 11) is 0. The van der Waals surface area contributed by atoms with Crippen LogP contribution < -0.4 is 10.6 Å². The molecule has 0 bridgehead atoms. The zero-order valence-electron chi connectivity index (χ0n) is 13.4. The van der Waals surface area contributed by atoms with Crippen LogP contribution in [0.4, 0.5) is 11.4 Å². The van der Waals surface area contributed by atoms with E-state index in [0.717, 1.165) is 5.56 Å². The predicted molar refractivity (Wildman–Crippen MR) is 103 cm³/mol. The van der Waals surface area contributed by atoms with Crippen molar-refractivity contribution in [1.82, 2.24) is 0 Å². The maximum Gasteiger partial charge on any atom is 0.266 e. The highest BCUT2D eigenvalue weighted by molar-refractivity contribution is 7.12. The molecular weight excluding hydrogens is 356 g/mol. The van der Waals surface area contributed by atoms with Crippen LogP contribution in [0.15, 0.2) is 60.0 Å². The van der Waals surface area contributed by atoms with Crippen LogP contribution in [0.5, 0.6) is 0 Å². The van der Waals surface area contributed by atoms with Gasteiger partial charge >= 0.3 is 0 Å². The Balaban J connectivity index is 1.80. The molecule has 0 aliphatic carbocycles. The molecule has 25 heavy (non-hydrogen) atoms. The minimum absolute atomic E-state index is 0.223. The number of aryl methyl sites for hydroxylation is 1. The Labute approximate surface area is 154 Å². The normalized spacial score (nSPS) is 10.3. The highest BCUT2D eigenvalue weighted by Crippen LogP contribution is 2.22. The van der Waals surface area contributed by atoms with Crippen molar-refractivity contribution in [3.8, 4) is 0 Å². The van der Waals surface area contributed by atoms with Gasteiger partial charge in [0.2, 0.25) is 0 Å². The first-order valence-electron chi connectivity index (χ1n) is 7.56. The lowest BCUT2D eigenvalue weighted by Gasteiger charge is -2.11. The van der Waals surface area contributed by atoms with Crippen molar-refractivity contribution in [3.05, 3.63) is 81.0 Å². The first-order valence-corrected chi connectivity index (χ1v) is 8.82. The van der Waals surface area contributed by atoms with E-state index in [9.17, 15) is 9.59 Å². The van der Waals surface area contributed by atoms with E-state index in [1.165, 1.54) is 11.3 Å². The first kappa shape index (κ1) is 17.2. The fourth-order valence-corrected chi connectivity index (χ4v) is 3.25. The van der Waals surface area contributed by atoms with Gasteiger partial charge in [-0.3, -0.25) is 9.59 Å². The van der Waals surface area contributed by atoms with Gasteiger partial charge in [-0.1, -0.05) is 23.7 Å². The van der Waals surface area contributed by atoms with Crippen LogP contribution in [-0.2, 0) is 0 Å². The van der Waals surface area contributed by atoms with Gasteiger partial charge < -0.3 is 10.6 Å². The third-order valence-electron chi connectivity index (χ3n) is 3.59. The third-order valence-corrected chi connectivity index (χ3v) is 4.86. The maximum atomic E-state index is 12.6. The molecule has 6 heteroatoms. The van der Waals surface area contributed by atoms with Crippen molar-refractivity contribution >= 4 is 46.1 Å². The van der Waals surface area contributed by atoms with E-state index in [0.29, 0.717) is 26.8 Å². The van der Waals surface area contributed by atoms with Crippen molar-refractivity contribution in [2.45, 2.75) is 6.92 Å². The number of thiophene rings is 1. The summed E-state index contributed by atoms with van der Waals surface area (Å²) >= 11 is 7.22. The second-order valence-electron chi connectivity index (χ2n) is 5.39. The molecule has 0 atom stereocenters. The maximum absolute atomic E-state index is 12.6. The van der Waals surface area contributed by atoms with Crippen molar-refractivity contribution in [2.75, 3.05) is 10.6 Å². The van der Waals surface area contributed by atoms with Crippen LogP contribution in [0, 0.1) is 6.92 Å². The Morgan fingerprint density at radius 3 is 2.32 bits per heavy atom. The third kappa shape index (κ3) is 4.07. The van der Waals surface area contributed by atoms with Crippen molar-refractivity contribution in [3.63, 3.8) is 0 Å². The monoisotopic (exact) mass is 370 g/mol. The number of hydrogen-bond donors (Lipinski definition) is 2. The molecule has 0 radical (unpaired) electrons. The summed E-state index contributed by atoms with van der Waals surface area (Å²) in [6, 6.07) is 15.6. The van der Waals surface area contributed by atoms with E-state index in [4.69, 9.17) is 11.6 Å². The number of hydrogen-bond acceptors (Lipinski definition) is 3. The van der Waals surface area contributed by atoms with Crippen LogP contribution in [0.1, 0.15) is 25.6 Å². The Kier molecular flexibility index (Phi) is 5.16. The molecule has 0 aliphatic rings. The van der Waals surface area contributed by atoms with Crippen LogP contribution in [0.2, 0.25) is 5.02 Å². The molecule has 3 aromatic rings. The number of anilines is 2. The summed E-state index contributed by atoms with van der Waals surface area (Å²) < 4.78 is 0. The summed E-state index contributed by atoms with van der Waals surface area (Å²) in [5.41, 5.74) is 2.39. The van der Waals surface area contributed by atoms with E-state index in [1.54, 1.807) is 48.5 Å². The molecule has 0 fully saturated rings. The fourth-order valence-electron chi connectivity index (χ4n) is 2.31. The molecule has 2 aromatic carbocycles. The molecule has 3 rings (SSSR count). The quantitative estimate of drug-likeness (QED) is 0.661. The highest BCUT2D eigenvalue weighted by atomic mass is 35.5. The van der Waals surface area contributed by atoms with Crippen molar-refractivity contribution in [2.24, 2.45) is 0 Å². The minimum atomic E-state index is -0.305. The summed E-state index contributed by atoms with van der Waals surface area (Å²) in [4.78, 5) is 25.6. The lowest BCUT2D eigenvalue weighted by Crippen LogP contribution is -2.18. The number of para-hydroxylation sites is 1. The first-order chi connectivity index (χ1) is 12.0. The van der Waals surface area contributed by atoms with E-state index in [2.05, 4.69) is 10.6 Å². The Morgan fingerprint density at radius 2 is 1.64 bits per heavy atom. The summed E-state index contributed by atoms with van der Waals surface area (Å²) in [6.45, 7) is 1.88. The molecule has 0 unspecified atom stereocenters. The van der Waals surface area contributed by atoms with Crippen LogP contribution in [0.25, 0.3) is 0 Å². The second kappa shape index (κ2) is 7.51. The number of rotatable bonds is 4. The van der Waals surface area contributed by atoms with E-state index < -0.39 is 0 Å². The van der Waals surface area contributed by atoms with Gasteiger partial charge in [-0.2, -0.15) is 0 Å². The number of nitrogens with one attached hydrogen (secondary N) is 2. The molecule has 0 saturated carbocycles. The van der Waals surface area contributed by atoms with Gasteiger partial charge in [0.25, 0.3) is 11.8 Å². The minimum Gasteiger partial charge on any atom is -0.322 e. The SMILES string of the molecule is Cc1ccsc1C(=O)Nc1ccccc1C(=O)Nc1ccc(Cl)cc1. The van der Waals surface area contributed by atoms with E-state index in [-0.39, 0.29) is 11.8 Å². The van der Waals surface area contributed by atoms with Crippen molar-refractivity contribution in [1.29, 1.82) is 0 Å². The lowest BCUT2D eigenvalue weighted by atomic mass is 10.1.